The number of phenols is 1. The van der Waals surface area contributed by atoms with Crippen molar-refractivity contribution in [1.29, 1.82) is 0 Å². The van der Waals surface area contributed by atoms with Crippen molar-refractivity contribution < 1.29 is 9.90 Å². The fraction of sp³-hybridized carbons (Fsp3) is 0.143. The number of hydrogen-bond donors (Lipinski definition) is 2. The number of nitrogens with zero attached hydrogens (tertiary/aromatic N) is 4. The number of aromatic nitrogens is 4. The van der Waals surface area contributed by atoms with E-state index in [9.17, 15) is 9.90 Å². The highest BCUT2D eigenvalue weighted by Crippen LogP contribution is 2.14. The van der Waals surface area contributed by atoms with Crippen LogP contribution in [0.25, 0.3) is 5.65 Å². The molecule has 3 aromatic rings. The summed E-state index contributed by atoms with van der Waals surface area (Å²) in [5, 5.41) is 24.4. The Hall–Kier alpha value is -2.96. The lowest BCUT2D eigenvalue weighted by Crippen LogP contribution is -2.10. The van der Waals surface area contributed by atoms with E-state index in [0.29, 0.717) is 23.7 Å². The van der Waals surface area contributed by atoms with Gasteiger partial charge in [0, 0.05) is 13.3 Å². The van der Waals surface area contributed by atoms with E-state index in [1.807, 2.05) is 12.1 Å². The van der Waals surface area contributed by atoms with Crippen molar-refractivity contribution in [1.82, 2.24) is 19.8 Å². The number of nitrogens with one attached hydrogen (secondary N) is 1. The second kappa shape index (κ2) is 5.20. The molecular formula is C14H13N5O2. The predicted octanol–water partition coefficient (Wildman–Crippen LogP) is 1.38. The lowest BCUT2D eigenvalue weighted by atomic mass is 10.1. The van der Waals surface area contributed by atoms with Crippen molar-refractivity contribution in [3.05, 3.63) is 47.8 Å². The van der Waals surface area contributed by atoms with Crippen LogP contribution in [0.2, 0.25) is 0 Å². The van der Waals surface area contributed by atoms with Crippen molar-refractivity contribution in [3.8, 4) is 5.75 Å². The molecule has 0 saturated carbocycles. The van der Waals surface area contributed by atoms with E-state index in [-0.39, 0.29) is 11.7 Å². The Morgan fingerprint density at radius 2 is 1.95 bits per heavy atom. The van der Waals surface area contributed by atoms with Crippen molar-refractivity contribution in [2.24, 2.45) is 0 Å². The molecule has 3 rings (SSSR count). The van der Waals surface area contributed by atoms with Gasteiger partial charge in [0.1, 0.15) is 5.75 Å². The first-order valence-electron chi connectivity index (χ1n) is 6.38. The Balaban J connectivity index is 1.94. The van der Waals surface area contributed by atoms with Crippen LogP contribution in [0.1, 0.15) is 18.3 Å². The van der Waals surface area contributed by atoms with Crippen LogP contribution in [0.15, 0.2) is 36.4 Å². The number of phenolic OH excluding ortho intramolecular Hbond substituents is 1. The molecular weight excluding hydrogens is 270 g/mol. The summed E-state index contributed by atoms with van der Waals surface area (Å²) >= 11 is 0. The third kappa shape index (κ3) is 2.81. The number of carbonyl (C=O) groups excluding carboxylic acids is 1. The number of rotatable bonds is 3. The van der Waals surface area contributed by atoms with Crippen molar-refractivity contribution in [2.45, 2.75) is 13.3 Å². The minimum Gasteiger partial charge on any atom is -0.508 e. The molecule has 0 bridgehead atoms. The van der Waals surface area contributed by atoms with Gasteiger partial charge in [-0.15, -0.1) is 15.3 Å². The molecule has 0 aliphatic heterocycles. The molecule has 21 heavy (non-hydrogen) atoms. The van der Waals surface area contributed by atoms with E-state index in [0.717, 1.165) is 5.56 Å². The van der Waals surface area contributed by atoms with Crippen LogP contribution in [0, 0.1) is 0 Å². The van der Waals surface area contributed by atoms with E-state index in [1.54, 1.807) is 28.8 Å². The highest BCUT2D eigenvalue weighted by molar-refractivity contribution is 5.87. The standard InChI is InChI=1S/C14H13N5O2/c1-9(20)15-12-6-7-13-16-17-14(19(13)18-12)8-10-2-4-11(21)5-3-10/h2-7,21H,8H2,1H3,(H,15,18,20). The molecule has 0 radical (unpaired) electrons. The number of aromatic hydroxyl groups is 1. The SMILES string of the molecule is CC(=O)Nc1ccc2nnc(Cc3ccc(O)cc3)n2n1. The van der Waals surface area contributed by atoms with Gasteiger partial charge in [0.25, 0.3) is 0 Å². The van der Waals surface area contributed by atoms with Crippen molar-refractivity contribution >= 4 is 17.4 Å². The summed E-state index contributed by atoms with van der Waals surface area (Å²) < 4.78 is 1.60. The zero-order chi connectivity index (χ0) is 14.8. The summed E-state index contributed by atoms with van der Waals surface area (Å²) in [5.74, 6) is 1.13. The predicted molar refractivity (Wildman–Crippen MR) is 76.0 cm³/mol. The molecule has 2 aromatic heterocycles. The molecule has 0 aliphatic rings. The summed E-state index contributed by atoms with van der Waals surface area (Å²) in [6.45, 7) is 1.43. The van der Waals surface area contributed by atoms with Crippen LogP contribution in [-0.4, -0.2) is 30.8 Å². The van der Waals surface area contributed by atoms with Crippen LogP contribution in [0.5, 0.6) is 5.75 Å². The first-order valence-corrected chi connectivity index (χ1v) is 6.38. The fourth-order valence-electron chi connectivity index (χ4n) is 1.99. The average molecular weight is 283 g/mol. The Labute approximate surface area is 120 Å². The van der Waals surface area contributed by atoms with Crippen molar-refractivity contribution in [2.75, 3.05) is 5.32 Å². The van der Waals surface area contributed by atoms with E-state index < -0.39 is 0 Å². The average Bonchev–Trinajstić information content (AvgIpc) is 2.83. The number of amides is 1. The Bertz CT molecular complexity index is 795. The Morgan fingerprint density at radius 3 is 2.67 bits per heavy atom. The minimum atomic E-state index is -0.185. The third-order valence-corrected chi connectivity index (χ3v) is 2.93. The Morgan fingerprint density at radius 1 is 1.19 bits per heavy atom. The van der Waals surface area contributed by atoms with Gasteiger partial charge >= 0.3 is 0 Å². The first kappa shape index (κ1) is 13.0. The maximum Gasteiger partial charge on any atom is 0.222 e. The molecule has 0 aliphatic carbocycles. The molecule has 1 amide bonds. The summed E-state index contributed by atoms with van der Waals surface area (Å²) in [6, 6.07) is 10.3. The summed E-state index contributed by atoms with van der Waals surface area (Å²) in [4.78, 5) is 11.1. The maximum atomic E-state index is 11.1. The topological polar surface area (TPSA) is 92.4 Å². The number of benzene rings is 1. The first-order chi connectivity index (χ1) is 10.1. The highest BCUT2D eigenvalue weighted by Gasteiger charge is 2.09. The summed E-state index contributed by atoms with van der Waals surface area (Å²) in [6.07, 6.45) is 0.526. The zero-order valence-corrected chi connectivity index (χ0v) is 11.3. The van der Waals surface area contributed by atoms with Gasteiger partial charge in [-0.3, -0.25) is 4.79 Å². The second-order valence-electron chi connectivity index (χ2n) is 4.63. The van der Waals surface area contributed by atoms with E-state index in [1.165, 1.54) is 6.92 Å². The zero-order valence-electron chi connectivity index (χ0n) is 11.3. The van der Waals surface area contributed by atoms with E-state index in [4.69, 9.17) is 0 Å². The highest BCUT2D eigenvalue weighted by atomic mass is 16.3. The lowest BCUT2D eigenvalue weighted by Gasteiger charge is -2.03. The van der Waals surface area contributed by atoms with Crippen LogP contribution < -0.4 is 5.32 Å². The van der Waals surface area contributed by atoms with Crippen LogP contribution >= 0.6 is 0 Å². The van der Waals surface area contributed by atoms with Gasteiger partial charge in [-0.05, 0) is 29.8 Å². The molecule has 0 unspecified atom stereocenters. The van der Waals surface area contributed by atoms with E-state index >= 15 is 0 Å². The van der Waals surface area contributed by atoms with Gasteiger partial charge in [-0.25, -0.2) is 0 Å². The normalized spacial score (nSPS) is 10.7. The smallest absolute Gasteiger partial charge is 0.222 e. The molecule has 1 aromatic carbocycles. The van der Waals surface area contributed by atoms with Gasteiger partial charge in [-0.2, -0.15) is 4.52 Å². The van der Waals surface area contributed by atoms with Crippen LogP contribution in [0.4, 0.5) is 5.82 Å². The lowest BCUT2D eigenvalue weighted by molar-refractivity contribution is -0.114. The largest absolute Gasteiger partial charge is 0.508 e. The maximum absolute atomic E-state index is 11.1. The monoisotopic (exact) mass is 283 g/mol. The quantitative estimate of drug-likeness (QED) is 0.757. The Kier molecular flexibility index (Phi) is 3.23. The molecule has 7 heteroatoms. The number of fused-ring (bicyclic) bond motifs is 1. The van der Waals surface area contributed by atoms with Crippen molar-refractivity contribution in [3.63, 3.8) is 0 Å². The molecule has 0 fully saturated rings. The molecule has 2 N–H and O–H groups in total. The van der Waals surface area contributed by atoms with Gasteiger partial charge in [-0.1, -0.05) is 12.1 Å². The molecule has 7 nitrogen and oxygen atoms in total. The van der Waals surface area contributed by atoms with Gasteiger partial charge in [0.05, 0.1) is 0 Å². The van der Waals surface area contributed by atoms with E-state index in [2.05, 4.69) is 20.6 Å². The van der Waals surface area contributed by atoms with Gasteiger partial charge < -0.3 is 10.4 Å². The minimum absolute atomic E-state index is 0.185. The number of anilines is 1. The molecule has 106 valence electrons. The fourth-order valence-corrected chi connectivity index (χ4v) is 1.99. The van der Waals surface area contributed by atoms with Gasteiger partial charge in [0.15, 0.2) is 17.3 Å². The van der Waals surface area contributed by atoms with Crippen LogP contribution in [0.3, 0.4) is 0 Å². The molecule has 2 heterocycles. The second-order valence-corrected chi connectivity index (χ2v) is 4.63. The molecule has 0 saturated heterocycles. The number of carbonyl (C=O) groups is 1. The van der Waals surface area contributed by atoms with Crippen LogP contribution in [-0.2, 0) is 11.2 Å². The summed E-state index contributed by atoms with van der Waals surface area (Å²) in [7, 11) is 0. The summed E-state index contributed by atoms with van der Waals surface area (Å²) in [5.41, 5.74) is 1.59. The molecule has 0 spiro atoms. The molecule has 0 atom stereocenters. The number of hydrogen-bond acceptors (Lipinski definition) is 5. The van der Waals surface area contributed by atoms with Gasteiger partial charge in [0.2, 0.25) is 5.91 Å². The third-order valence-electron chi connectivity index (χ3n) is 2.93.